The van der Waals surface area contributed by atoms with Crippen LogP contribution in [0.3, 0.4) is 0 Å². The van der Waals surface area contributed by atoms with E-state index in [0.717, 1.165) is 29.8 Å². The van der Waals surface area contributed by atoms with Crippen molar-refractivity contribution >= 4 is 74.1 Å². The summed E-state index contributed by atoms with van der Waals surface area (Å²) in [6.07, 6.45) is 6.10. The standard InChI is InChI=1S/C24H21ClN3OS3/c1-4-28-23(14-22-27(3)17-13-15(25)9-10-19(17)31-22)32-20(24(28)29)11-12-21-26(2)16-7-5-6-8-18(16)30-21/h5-14H,4H2,1-3H3/q+1. The highest BCUT2D eigenvalue weighted by molar-refractivity contribution is 8.03. The zero-order valence-corrected chi connectivity index (χ0v) is 21.0. The molecule has 2 aromatic carbocycles. The van der Waals surface area contributed by atoms with Crippen LogP contribution >= 0.6 is 46.0 Å². The maximum atomic E-state index is 13.1. The van der Waals surface area contributed by atoms with Gasteiger partial charge in [-0.15, -0.1) is 11.3 Å². The van der Waals surface area contributed by atoms with Gasteiger partial charge in [0.05, 0.1) is 21.3 Å². The molecule has 0 amide bonds. The first-order chi connectivity index (χ1) is 15.5. The Morgan fingerprint density at radius 1 is 1.12 bits per heavy atom. The summed E-state index contributed by atoms with van der Waals surface area (Å²) in [5.41, 5.74) is 2.34. The van der Waals surface area contributed by atoms with Gasteiger partial charge in [-0.2, -0.15) is 4.57 Å². The number of aromatic nitrogens is 2. The lowest BCUT2D eigenvalue weighted by molar-refractivity contribution is -0.642. The number of aryl methyl sites for hydroxylation is 1. The van der Waals surface area contributed by atoms with Crippen LogP contribution in [0.25, 0.3) is 22.4 Å². The number of hydrogen-bond acceptors (Lipinski definition) is 5. The van der Waals surface area contributed by atoms with Gasteiger partial charge in [-0.3, -0.25) is 9.36 Å². The molecular formula is C24H21ClN3OS3+. The Hall–Kier alpha value is -2.32. The number of halogens is 1. The van der Waals surface area contributed by atoms with E-state index in [1.165, 1.54) is 26.6 Å². The second-order valence-electron chi connectivity index (χ2n) is 7.41. The van der Waals surface area contributed by atoms with E-state index in [1.54, 1.807) is 23.1 Å². The van der Waals surface area contributed by atoms with E-state index >= 15 is 0 Å². The average Bonchev–Trinajstić information content (AvgIpc) is 3.39. The predicted octanol–water partition coefficient (Wildman–Crippen LogP) is 4.32. The molecule has 0 radical (unpaired) electrons. The summed E-state index contributed by atoms with van der Waals surface area (Å²) in [6, 6.07) is 14.3. The number of para-hydroxylation sites is 1. The number of anilines is 1. The van der Waals surface area contributed by atoms with Gasteiger partial charge in [-0.25, -0.2) is 0 Å². The number of allylic oxidation sites excluding steroid dienone is 1. The van der Waals surface area contributed by atoms with E-state index in [4.69, 9.17) is 11.6 Å². The number of benzene rings is 2. The van der Waals surface area contributed by atoms with Gasteiger partial charge in [0.15, 0.2) is 0 Å². The monoisotopic (exact) mass is 498 g/mol. The molecule has 0 fully saturated rings. The van der Waals surface area contributed by atoms with Crippen LogP contribution < -0.4 is 24.2 Å². The van der Waals surface area contributed by atoms with E-state index in [9.17, 15) is 4.79 Å². The molecule has 2 aromatic heterocycles. The molecule has 0 N–H and O–H groups in total. The van der Waals surface area contributed by atoms with E-state index in [1.807, 2.05) is 55.0 Å². The van der Waals surface area contributed by atoms with Crippen LogP contribution in [0.5, 0.6) is 0 Å². The summed E-state index contributed by atoms with van der Waals surface area (Å²) >= 11 is 11.1. The highest BCUT2D eigenvalue weighted by Crippen LogP contribution is 2.44. The second-order valence-corrected chi connectivity index (χ2v) is 11.0. The molecule has 162 valence electrons. The van der Waals surface area contributed by atoms with E-state index in [2.05, 4.69) is 40.8 Å². The molecule has 0 aliphatic carbocycles. The summed E-state index contributed by atoms with van der Waals surface area (Å²) in [5, 5.41) is 2.92. The third-order valence-electron chi connectivity index (χ3n) is 5.48. The Morgan fingerprint density at radius 2 is 1.94 bits per heavy atom. The average molecular weight is 499 g/mol. The smallest absolute Gasteiger partial charge is 0.269 e. The predicted molar refractivity (Wildman–Crippen MR) is 138 cm³/mol. The molecule has 0 atom stereocenters. The van der Waals surface area contributed by atoms with Crippen molar-refractivity contribution in [2.45, 2.75) is 18.4 Å². The molecule has 0 saturated heterocycles. The lowest BCUT2D eigenvalue weighted by Gasteiger charge is -2.12. The summed E-state index contributed by atoms with van der Waals surface area (Å²) in [4.78, 5) is 16.5. The number of thiazole rings is 2. The van der Waals surface area contributed by atoms with E-state index in [0.29, 0.717) is 6.54 Å². The van der Waals surface area contributed by atoms with Gasteiger partial charge in [0.25, 0.3) is 10.6 Å². The minimum absolute atomic E-state index is 0.0515. The molecule has 1 aliphatic rings. The molecule has 0 saturated carbocycles. The molecule has 32 heavy (non-hydrogen) atoms. The van der Waals surface area contributed by atoms with Crippen molar-refractivity contribution in [2.24, 2.45) is 7.05 Å². The Balaban J connectivity index is 1.59. The molecule has 8 heteroatoms. The SMILES string of the molecule is CCn1c(=Cc2sc3ccc(Cl)cc3[n+]2C)sc(=CC=C2Sc3ccccc3N2C)c1=O. The van der Waals surface area contributed by atoms with Crippen molar-refractivity contribution in [3.05, 3.63) is 83.1 Å². The fourth-order valence-corrected chi connectivity index (χ4v) is 7.15. The first-order valence-corrected chi connectivity index (χ1v) is 13.0. The first-order valence-electron chi connectivity index (χ1n) is 10.2. The largest absolute Gasteiger partial charge is 0.338 e. The molecule has 1 aliphatic heterocycles. The number of fused-ring (bicyclic) bond motifs is 2. The Labute approximate surface area is 203 Å². The third-order valence-corrected chi connectivity index (χ3v) is 9.14. The lowest BCUT2D eigenvalue weighted by Crippen LogP contribution is -2.32. The maximum absolute atomic E-state index is 13.1. The summed E-state index contributed by atoms with van der Waals surface area (Å²) < 4.78 is 6.83. The van der Waals surface area contributed by atoms with Crippen LogP contribution in [0.1, 0.15) is 11.9 Å². The fourth-order valence-electron chi connectivity index (χ4n) is 3.74. The van der Waals surface area contributed by atoms with Gasteiger partial charge in [-0.05, 0) is 43.3 Å². The van der Waals surface area contributed by atoms with Crippen molar-refractivity contribution in [3.63, 3.8) is 0 Å². The van der Waals surface area contributed by atoms with Crippen molar-refractivity contribution < 1.29 is 4.57 Å². The van der Waals surface area contributed by atoms with Crippen molar-refractivity contribution in [1.29, 1.82) is 0 Å². The van der Waals surface area contributed by atoms with Crippen LogP contribution in [0.4, 0.5) is 5.69 Å². The van der Waals surface area contributed by atoms with Gasteiger partial charge in [0.1, 0.15) is 16.4 Å². The highest BCUT2D eigenvalue weighted by atomic mass is 35.5. The molecule has 0 unspecified atom stereocenters. The summed E-state index contributed by atoms with van der Waals surface area (Å²) in [6.45, 7) is 2.64. The van der Waals surface area contributed by atoms with Crippen molar-refractivity contribution in [3.8, 4) is 0 Å². The normalized spacial score (nSPS) is 16.0. The van der Waals surface area contributed by atoms with Crippen LogP contribution in [-0.4, -0.2) is 11.6 Å². The first kappa shape index (κ1) is 21.5. The fraction of sp³-hybridized carbons (Fsp3) is 0.167. The topological polar surface area (TPSA) is 29.1 Å². The van der Waals surface area contributed by atoms with Gasteiger partial charge in [0, 0.05) is 29.6 Å². The molecular weight excluding hydrogens is 478 g/mol. The molecule has 4 aromatic rings. The molecule has 0 spiro atoms. The highest BCUT2D eigenvalue weighted by Gasteiger charge is 2.20. The van der Waals surface area contributed by atoms with Crippen LogP contribution in [-0.2, 0) is 13.6 Å². The van der Waals surface area contributed by atoms with Crippen LogP contribution in [0.2, 0.25) is 5.02 Å². The Morgan fingerprint density at radius 3 is 2.72 bits per heavy atom. The maximum Gasteiger partial charge on any atom is 0.269 e. The number of thioether (sulfide) groups is 1. The number of hydrogen-bond donors (Lipinski definition) is 0. The van der Waals surface area contributed by atoms with Crippen molar-refractivity contribution in [1.82, 2.24) is 4.57 Å². The van der Waals surface area contributed by atoms with E-state index < -0.39 is 0 Å². The van der Waals surface area contributed by atoms with Crippen LogP contribution in [0, 0.1) is 0 Å². The summed E-state index contributed by atoms with van der Waals surface area (Å²) in [5.74, 6) is 0. The molecule has 5 rings (SSSR count). The van der Waals surface area contributed by atoms with Gasteiger partial charge in [-0.1, -0.05) is 46.8 Å². The minimum Gasteiger partial charge on any atom is -0.338 e. The third kappa shape index (κ3) is 3.73. The number of nitrogens with zero attached hydrogens (tertiary/aromatic N) is 3. The lowest BCUT2D eigenvalue weighted by atomic mass is 10.3. The molecule has 3 heterocycles. The second kappa shape index (κ2) is 8.56. The van der Waals surface area contributed by atoms with Gasteiger partial charge in [0.2, 0.25) is 5.52 Å². The molecule has 0 bridgehead atoms. The quantitative estimate of drug-likeness (QED) is 0.394. The number of rotatable bonds is 3. The Kier molecular flexibility index (Phi) is 5.75. The summed E-state index contributed by atoms with van der Waals surface area (Å²) in [7, 11) is 4.09. The molecule has 4 nitrogen and oxygen atoms in total. The van der Waals surface area contributed by atoms with Crippen LogP contribution in [0.15, 0.2) is 63.3 Å². The zero-order valence-electron chi connectivity index (χ0n) is 17.8. The van der Waals surface area contributed by atoms with Gasteiger partial charge >= 0.3 is 0 Å². The van der Waals surface area contributed by atoms with Gasteiger partial charge < -0.3 is 4.90 Å². The van der Waals surface area contributed by atoms with E-state index in [-0.39, 0.29) is 5.56 Å². The minimum atomic E-state index is 0.0515. The van der Waals surface area contributed by atoms with Crippen molar-refractivity contribution in [2.75, 3.05) is 11.9 Å². The Bertz CT molecular complexity index is 1560. The zero-order chi connectivity index (χ0) is 22.4.